The van der Waals surface area contributed by atoms with Gasteiger partial charge in [0.2, 0.25) is 0 Å². The van der Waals surface area contributed by atoms with Gasteiger partial charge in [-0.25, -0.2) is 9.69 Å². The number of benzene rings is 3. The number of amides is 2. The minimum absolute atomic E-state index is 0.299. The van der Waals surface area contributed by atoms with Crippen LogP contribution in [0.15, 0.2) is 77.7 Å². The molecule has 0 atom stereocenters. The molecule has 6 nitrogen and oxygen atoms in total. The van der Waals surface area contributed by atoms with Crippen LogP contribution >= 0.6 is 23.4 Å². The molecule has 0 spiro atoms. The van der Waals surface area contributed by atoms with Gasteiger partial charge in [0.25, 0.3) is 11.1 Å². The minimum atomic E-state index is -0.496. The maximum Gasteiger partial charge on any atom is 0.343 e. The quantitative estimate of drug-likeness (QED) is 0.269. The summed E-state index contributed by atoms with van der Waals surface area (Å²) in [5.41, 5.74) is 1.54. The first-order valence-corrected chi connectivity index (χ1v) is 10.6. The molecule has 0 N–H and O–H groups in total. The molecule has 0 bridgehead atoms. The number of hydrogen-bond acceptors (Lipinski definition) is 6. The second-order valence-corrected chi connectivity index (χ2v) is 8.11. The van der Waals surface area contributed by atoms with Gasteiger partial charge in [-0.3, -0.25) is 9.59 Å². The van der Waals surface area contributed by atoms with Crippen LogP contribution in [-0.2, 0) is 4.79 Å². The molecule has 32 heavy (non-hydrogen) atoms. The average Bonchev–Trinajstić information content (AvgIpc) is 3.08. The Morgan fingerprint density at radius 2 is 1.53 bits per heavy atom. The largest absolute Gasteiger partial charge is 0.497 e. The van der Waals surface area contributed by atoms with E-state index >= 15 is 0 Å². The Balaban J connectivity index is 1.45. The lowest BCUT2D eigenvalue weighted by atomic mass is 10.2. The first-order valence-electron chi connectivity index (χ1n) is 9.44. The molecule has 1 heterocycles. The molecule has 0 aromatic heterocycles. The van der Waals surface area contributed by atoms with Crippen molar-refractivity contribution in [2.24, 2.45) is 0 Å². The molecule has 1 fully saturated rings. The van der Waals surface area contributed by atoms with E-state index in [-0.39, 0.29) is 5.24 Å². The highest BCUT2D eigenvalue weighted by Gasteiger charge is 2.36. The van der Waals surface area contributed by atoms with Crippen molar-refractivity contribution in [1.82, 2.24) is 0 Å². The van der Waals surface area contributed by atoms with Crippen molar-refractivity contribution in [3.05, 3.63) is 93.9 Å². The molecule has 0 unspecified atom stereocenters. The van der Waals surface area contributed by atoms with Crippen LogP contribution in [-0.4, -0.2) is 24.2 Å². The minimum Gasteiger partial charge on any atom is -0.497 e. The third-order valence-electron chi connectivity index (χ3n) is 4.59. The molecule has 0 aliphatic carbocycles. The van der Waals surface area contributed by atoms with E-state index in [1.165, 1.54) is 0 Å². The second-order valence-electron chi connectivity index (χ2n) is 6.68. The molecular formula is C24H16ClNO5S. The van der Waals surface area contributed by atoms with Crippen molar-refractivity contribution < 1.29 is 23.9 Å². The fourth-order valence-corrected chi connectivity index (χ4v) is 3.92. The van der Waals surface area contributed by atoms with Crippen molar-refractivity contribution in [2.45, 2.75) is 0 Å². The number of rotatable bonds is 5. The predicted octanol–water partition coefficient (Wildman–Crippen LogP) is 5.81. The summed E-state index contributed by atoms with van der Waals surface area (Å²) in [5, 5.41) is 0.137. The number of hydrogen-bond donors (Lipinski definition) is 0. The number of carbonyl (C=O) groups is 3. The third kappa shape index (κ3) is 4.69. The zero-order valence-electron chi connectivity index (χ0n) is 16.8. The fraction of sp³-hybridized carbons (Fsp3) is 0.0417. The summed E-state index contributed by atoms with van der Waals surface area (Å²) in [6, 6.07) is 19.7. The summed E-state index contributed by atoms with van der Waals surface area (Å²) in [7, 11) is 1.55. The van der Waals surface area contributed by atoms with Gasteiger partial charge in [-0.15, -0.1) is 0 Å². The van der Waals surface area contributed by atoms with Gasteiger partial charge in [0.15, 0.2) is 0 Å². The predicted molar refractivity (Wildman–Crippen MR) is 124 cm³/mol. The van der Waals surface area contributed by atoms with Gasteiger partial charge in [0, 0.05) is 5.02 Å². The van der Waals surface area contributed by atoms with E-state index in [0.29, 0.717) is 38.2 Å². The molecular weight excluding hydrogens is 450 g/mol. The summed E-state index contributed by atoms with van der Waals surface area (Å²) in [4.78, 5) is 38.8. The number of esters is 1. The Kier molecular flexibility index (Phi) is 6.30. The third-order valence-corrected chi connectivity index (χ3v) is 5.71. The van der Waals surface area contributed by atoms with Crippen molar-refractivity contribution in [1.29, 1.82) is 0 Å². The maximum absolute atomic E-state index is 12.7. The number of imide groups is 1. The SMILES string of the molecule is COc1ccc(C(=O)Oc2ccc(/C=C3\SC(=O)N(c4ccc(Cl)cc4)C3=O)cc2)cc1. The van der Waals surface area contributed by atoms with Gasteiger partial charge in [-0.1, -0.05) is 23.7 Å². The van der Waals surface area contributed by atoms with E-state index in [0.717, 1.165) is 16.7 Å². The summed E-state index contributed by atoms with van der Waals surface area (Å²) in [5.74, 6) is 0.102. The number of halogens is 1. The van der Waals surface area contributed by atoms with Crippen LogP contribution in [0.5, 0.6) is 11.5 Å². The monoisotopic (exact) mass is 465 g/mol. The number of anilines is 1. The molecule has 0 radical (unpaired) electrons. The van der Waals surface area contributed by atoms with Gasteiger partial charge in [0.05, 0.1) is 23.3 Å². The molecule has 4 rings (SSSR count). The van der Waals surface area contributed by atoms with E-state index in [1.54, 1.807) is 86.0 Å². The van der Waals surface area contributed by atoms with Crippen LogP contribution in [0.2, 0.25) is 5.02 Å². The van der Waals surface area contributed by atoms with E-state index in [4.69, 9.17) is 21.1 Å². The first kappa shape index (κ1) is 21.7. The van der Waals surface area contributed by atoms with Gasteiger partial charge in [-0.05, 0) is 84.1 Å². The lowest BCUT2D eigenvalue weighted by Crippen LogP contribution is -2.27. The number of methoxy groups -OCH3 is 1. The Labute approximate surface area is 193 Å². The fourth-order valence-electron chi connectivity index (χ4n) is 2.96. The number of nitrogens with zero attached hydrogens (tertiary/aromatic N) is 1. The first-order chi connectivity index (χ1) is 15.4. The van der Waals surface area contributed by atoms with Gasteiger partial charge < -0.3 is 9.47 Å². The Morgan fingerprint density at radius 3 is 2.16 bits per heavy atom. The highest BCUT2D eigenvalue weighted by atomic mass is 35.5. The van der Waals surface area contributed by atoms with Crippen LogP contribution in [0.1, 0.15) is 15.9 Å². The van der Waals surface area contributed by atoms with E-state index in [2.05, 4.69) is 0 Å². The van der Waals surface area contributed by atoms with E-state index in [9.17, 15) is 14.4 Å². The van der Waals surface area contributed by atoms with Crippen molar-refractivity contribution in [3.8, 4) is 11.5 Å². The van der Waals surface area contributed by atoms with Crippen LogP contribution in [0.25, 0.3) is 6.08 Å². The smallest absolute Gasteiger partial charge is 0.343 e. The average molecular weight is 466 g/mol. The van der Waals surface area contributed by atoms with Crippen molar-refractivity contribution in [2.75, 3.05) is 12.0 Å². The Morgan fingerprint density at radius 1 is 0.906 bits per heavy atom. The van der Waals surface area contributed by atoms with Crippen LogP contribution in [0.4, 0.5) is 10.5 Å². The molecule has 1 aliphatic rings. The molecule has 160 valence electrons. The number of ether oxygens (including phenoxy) is 2. The lowest BCUT2D eigenvalue weighted by Gasteiger charge is -2.12. The normalized spacial score (nSPS) is 14.7. The lowest BCUT2D eigenvalue weighted by molar-refractivity contribution is -0.113. The molecule has 3 aromatic carbocycles. The van der Waals surface area contributed by atoms with Crippen LogP contribution < -0.4 is 14.4 Å². The zero-order chi connectivity index (χ0) is 22.7. The summed E-state index contributed by atoms with van der Waals surface area (Å²) >= 11 is 6.74. The van der Waals surface area contributed by atoms with Crippen LogP contribution in [0.3, 0.4) is 0 Å². The molecule has 2 amide bonds. The van der Waals surface area contributed by atoms with Gasteiger partial charge in [-0.2, -0.15) is 0 Å². The second kappa shape index (κ2) is 9.30. The zero-order valence-corrected chi connectivity index (χ0v) is 18.4. The maximum atomic E-state index is 12.7. The standard InChI is InChI=1S/C24H16ClNO5S/c1-30-19-12-4-16(5-13-19)23(28)31-20-10-2-15(3-11-20)14-21-22(27)26(24(29)32-21)18-8-6-17(25)7-9-18/h2-14H,1H3/b21-14-. The number of thioether (sulfide) groups is 1. The van der Waals surface area contributed by atoms with Crippen molar-refractivity contribution >= 4 is 52.2 Å². The van der Waals surface area contributed by atoms with Crippen LogP contribution in [0, 0.1) is 0 Å². The van der Waals surface area contributed by atoms with E-state index < -0.39 is 11.9 Å². The van der Waals surface area contributed by atoms with Crippen molar-refractivity contribution in [3.63, 3.8) is 0 Å². The highest BCUT2D eigenvalue weighted by Crippen LogP contribution is 2.36. The molecule has 0 saturated carbocycles. The Bertz CT molecular complexity index is 1200. The van der Waals surface area contributed by atoms with E-state index in [1.807, 2.05) is 0 Å². The summed E-state index contributed by atoms with van der Waals surface area (Å²) < 4.78 is 10.4. The summed E-state index contributed by atoms with van der Waals surface area (Å²) in [6.07, 6.45) is 1.62. The number of carbonyl (C=O) groups excluding carboxylic acids is 3. The molecule has 3 aromatic rings. The Hall–Kier alpha value is -3.55. The molecule has 1 aliphatic heterocycles. The molecule has 8 heteroatoms. The van der Waals surface area contributed by atoms with Gasteiger partial charge in [0.1, 0.15) is 11.5 Å². The molecule has 1 saturated heterocycles. The topological polar surface area (TPSA) is 72.9 Å². The highest BCUT2D eigenvalue weighted by molar-refractivity contribution is 8.19. The summed E-state index contributed by atoms with van der Waals surface area (Å²) in [6.45, 7) is 0. The van der Waals surface area contributed by atoms with Gasteiger partial charge >= 0.3 is 5.97 Å².